The minimum absolute atomic E-state index is 0.0744. The topological polar surface area (TPSA) is 139 Å². The minimum Gasteiger partial charge on any atom is -0.506 e. The van der Waals surface area contributed by atoms with Gasteiger partial charge >= 0.3 is 5.97 Å². The lowest BCUT2D eigenvalue weighted by Gasteiger charge is -2.30. The number of carbonyl (C=O) groups is 2. The summed E-state index contributed by atoms with van der Waals surface area (Å²) in [5.41, 5.74) is 1.75. The maximum absolute atomic E-state index is 12.4. The predicted molar refractivity (Wildman–Crippen MR) is 109 cm³/mol. The molecule has 10 heteroatoms. The molecule has 0 unspecified atom stereocenters. The molecule has 0 bridgehead atoms. The summed E-state index contributed by atoms with van der Waals surface area (Å²) in [7, 11) is 1.31. The van der Waals surface area contributed by atoms with Crippen molar-refractivity contribution in [3.63, 3.8) is 0 Å². The number of hydrogen-bond acceptors (Lipinski definition) is 10. The lowest BCUT2D eigenvalue weighted by Crippen LogP contribution is -2.33. The Morgan fingerprint density at radius 2 is 2.10 bits per heavy atom. The number of nitrogens with zero attached hydrogens (tertiary/aromatic N) is 5. The second-order valence-corrected chi connectivity index (χ2v) is 7.50. The van der Waals surface area contributed by atoms with Crippen LogP contribution in [0.1, 0.15) is 39.2 Å². The van der Waals surface area contributed by atoms with Crippen LogP contribution in [0, 0.1) is 29.6 Å². The lowest BCUT2D eigenvalue weighted by atomic mass is 9.99. The second-order valence-electron chi connectivity index (χ2n) is 6.50. The van der Waals surface area contributed by atoms with Gasteiger partial charge in [0.2, 0.25) is 0 Å². The second kappa shape index (κ2) is 8.72. The maximum Gasteiger partial charge on any atom is 0.307 e. The Balaban J connectivity index is 1.94. The molecule has 0 atom stereocenters. The van der Waals surface area contributed by atoms with Crippen LogP contribution in [-0.4, -0.2) is 37.1 Å². The Morgan fingerprint density at radius 3 is 2.77 bits per heavy atom. The van der Waals surface area contributed by atoms with Gasteiger partial charge in [-0.05, 0) is 18.6 Å². The fourth-order valence-corrected chi connectivity index (χ4v) is 3.97. The number of ether oxygens (including phenoxy) is 1. The molecule has 0 fully saturated rings. The number of ketones is 1. The molecule has 30 heavy (non-hydrogen) atoms. The summed E-state index contributed by atoms with van der Waals surface area (Å²) < 4.78 is 4.65. The predicted octanol–water partition coefficient (Wildman–Crippen LogP) is 3.88. The van der Waals surface area contributed by atoms with E-state index in [1.165, 1.54) is 19.2 Å². The smallest absolute Gasteiger partial charge is 0.307 e. The van der Waals surface area contributed by atoms with Gasteiger partial charge in [0.1, 0.15) is 28.5 Å². The molecule has 3 rings (SSSR count). The molecular weight excluding hydrogens is 406 g/mol. The van der Waals surface area contributed by atoms with E-state index in [4.69, 9.17) is 5.26 Å². The minimum atomic E-state index is -0.362. The molecule has 0 saturated carbocycles. The van der Waals surface area contributed by atoms with Gasteiger partial charge in [0.25, 0.3) is 0 Å². The number of thiophene rings is 1. The van der Waals surface area contributed by atoms with Crippen molar-refractivity contribution >= 4 is 39.5 Å². The number of hydrogen-bond donors (Lipinski definition) is 1. The van der Waals surface area contributed by atoms with Crippen LogP contribution in [-0.2, 0) is 9.53 Å². The van der Waals surface area contributed by atoms with E-state index in [9.17, 15) is 20.0 Å². The third-order valence-corrected chi connectivity index (χ3v) is 5.83. The number of methoxy groups -OCH3 is 1. The van der Waals surface area contributed by atoms with Crippen molar-refractivity contribution < 1.29 is 19.4 Å². The molecule has 0 aliphatic carbocycles. The van der Waals surface area contributed by atoms with Crippen molar-refractivity contribution in [3.05, 3.63) is 33.7 Å². The van der Waals surface area contributed by atoms with E-state index in [2.05, 4.69) is 15.0 Å². The lowest BCUT2D eigenvalue weighted by molar-refractivity contribution is -0.140. The van der Waals surface area contributed by atoms with E-state index in [0.717, 1.165) is 11.3 Å². The first-order valence-electron chi connectivity index (χ1n) is 8.96. The summed E-state index contributed by atoms with van der Waals surface area (Å²) in [5.74, 6) is -0.658. The van der Waals surface area contributed by atoms with Crippen LogP contribution in [0.15, 0.2) is 22.4 Å². The van der Waals surface area contributed by atoms with Gasteiger partial charge in [0, 0.05) is 31.1 Å². The number of carbonyl (C=O) groups excluding carboxylic acids is 2. The molecule has 152 valence electrons. The molecule has 9 nitrogen and oxygen atoms in total. The molecule has 1 aromatic carbocycles. The van der Waals surface area contributed by atoms with Gasteiger partial charge < -0.3 is 14.7 Å². The highest BCUT2D eigenvalue weighted by molar-refractivity contribution is 7.16. The number of azo groups is 1. The van der Waals surface area contributed by atoms with Crippen LogP contribution in [0.2, 0.25) is 0 Å². The van der Waals surface area contributed by atoms with Crippen LogP contribution in [0.3, 0.4) is 0 Å². The molecule has 0 amide bonds. The highest BCUT2D eigenvalue weighted by Gasteiger charge is 2.25. The monoisotopic (exact) mass is 423 g/mol. The Labute approximate surface area is 176 Å². The van der Waals surface area contributed by atoms with Crippen molar-refractivity contribution in [1.82, 2.24) is 0 Å². The average Bonchev–Trinajstić information content (AvgIpc) is 3.06. The number of aromatic hydroxyl groups is 1. The molecule has 2 aromatic rings. The van der Waals surface area contributed by atoms with Crippen LogP contribution < -0.4 is 4.90 Å². The summed E-state index contributed by atoms with van der Waals surface area (Å²) in [5, 5.41) is 37.1. The first-order valence-corrected chi connectivity index (χ1v) is 9.78. The number of phenolic OH excluding ortho intramolecular Hbond substituents is 1. The van der Waals surface area contributed by atoms with E-state index >= 15 is 0 Å². The average molecular weight is 423 g/mol. The number of rotatable bonds is 5. The molecule has 0 radical (unpaired) electrons. The molecule has 0 spiro atoms. The van der Waals surface area contributed by atoms with E-state index in [-0.39, 0.29) is 46.6 Å². The van der Waals surface area contributed by atoms with Crippen LogP contribution >= 0.6 is 11.3 Å². The van der Waals surface area contributed by atoms with E-state index in [1.807, 2.05) is 17.0 Å². The Bertz CT molecular complexity index is 1140. The third kappa shape index (κ3) is 4.00. The number of phenols is 1. The van der Waals surface area contributed by atoms with Gasteiger partial charge in [-0.3, -0.25) is 9.59 Å². The first-order chi connectivity index (χ1) is 14.4. The summed E-state index contributed by atoms with van der Waals surface area (Å²) in [6.45, 7) is 2.44. The third-order valence-electron chi connectivity index (χ3n) is 4.75. The number of esters is 1. The van der Waals surface area contributed by atoms with Gasteiger partial charge in [0.15, 0.2) is 10.8 Å². The van der Waals surface area contributed by atoms with Crippen molar-refractivity contribution in [2.24, 2.45) is 10.2 Å². The van der Waals surface area contributed by atoms with Crippen LogP contribution in [0.5, 0.6) is 5.75 Å². The largest absolute Gasteiger partial charge is 0.506 e. The quantitative estimate of drug-likeness (QED) is 0.568. The number of fused-ring (bicyclic) bond motifs is 1. The molecule has 0 saturated heterocycles. The van der Waals surface area contributed by atoms with Gasteiger partial charge in [-0.1, -0.05) is 0 Å². The highest BCUT2D eigenvalue weighted by atomic mass is 32.1. The summed E-state index contributed by atoms with van der Waals surface area (Å²) in [6, 6.07) is 6.88. The number of Topliss-reactive ketones (excluding diaryl/α,β-unsaturated/α-hetero) is 1. The van der Waals surface area contributed by atoms with E-state index in [0.29, 0.717) is 34.8 Å². The van der Waals surface area contributed by atoms with Gasteiger partial charge in [-0.2, -0.15) is 10.5 Å². The SMILES string of the molecule is COC(=O)CCN1CCC(=O)c2cc(/N=N/c3sc(C#N)c(C)c3C#N)c(O)cc21. The van der Waals surface area contributed by atoms with Gasteiger partial charge in [-0.25, -0.2) is 0 Å². The highest BCUT2D eigenvalue weighted by Crippen LogP contribution is 2.40. The molecule has 1 aliphatic heterocycles. The molecule has 1 aromatic heterocycles. The summed E-state index contributed by atoms with van der Waals surface area (Å²) >= 11 is 1.03. The van der Waals surface area contributed by atoms with Crippen molar-refractivity contribution in [2.75, 3.05) is 25.1 Å². The zero-order valence-electron chi connectivity index (χ0n) is 16.3. The number of anilines is 1. The Hall–Kier alpha value is -3.76. The Morgan fingerprint density at radius 1 is 1.33 bits per heavy atom. The van der Waals surface area contributed by atoms with Crippen molar-refractivity contribution in [1.29, 1.82) is 10.5 Å². The van der Waals surface area contributed by atoms with Gasteiger partial charge in [0.05, 0.1) is 24.8 Å². The standard InChI is InChI=1S/C20H17N5O4S/c1-11-13(9-21)20(30-18(11)10-22)24-23-14-7-12-15(8-17(14)27)25(5-3-16(12)26)6-4-19(28)29-2/h7-8,27H,3-6H2,1-2H3/b24-23+. The normalized spacial score (nSPS) is 13.1. The van der Waals surface area contributed by atoms with Crippen LogP contribution in [0.4, 0.5) is 16.4 Å². The van der Waals surface area contributed by atoms with Crippen molar-refractivity contribution in [3.8, 4) is 17.9 Å². The van der Waals surface area contributed by atoms with E-state index < -0.39 is 0 Å². The molecular formula is C20H17N5O4S. The molecule has 1 N–H and O–H groups in total. The molecule has 2 heterocycles. The van der Waals surface area contributed by atoms with Crippen LogP contribution in [0.25, 0.3) is 0 Å². The zero-order chi connectivity index (χ0) is 21.8. The van der Waals surface area contributed by atoms with Crippen molar-refractivity contribution in [2.45, 2.75) is 19.8 Å². The molecule has 1 aliphatic rings. The summed E-state index contributed by atoms with van der Waals surface area (Å²) in [4.78, 5) is 26.0. The Kier molecular flexibility index (Phi) is 6.09. The first kappa shape index (κ1) is 21.0. The maximum atomic E-state index is 12.4. The van der Waals surface area contributed by atoms with Gasteiger partial charge in [-0.15, -0.1) is 21.6 Å². The fourth-order valence-electron chi connectivity index (χ4n) is 3.09. The number of benzene rings is 1. The number of nitriles is 2. The zero-order valence-corrected chi connectivity index (χ0v) is 17.1. The van der Waals surface area contributed by atoms with E-state index in [1.54, 1.807) is 6.92 Å². The summed E-state index contributed by atoms with van der Waals surface area (Å²) in [6.07, 6.45) is 0.423. The fraction of sp³-hybridized carbons (Fsp3) is 0.300.